The SMILES string of the molecule is O=C(CO)Nc1ccc2cc(C(F)(F)F)ccc2n1. The summed E-state index contributed by atoms with van der Waals surface area (Å²) in [7, 11) is 0. The van der Waals surface area contributed by atoms with Crippen molar-refractivity contribution in [1.82, 2.24) is 4.98 Å². The summed E-state index contributed by atoms with van der Waals surface area (Å²) in [5, 5.41) is 11.2. The van der Waals surface area contributed by atoms with E-state index in [1.165, 1.54) is 18.2 Å². The van der Waals surface area contributed by atoms with Crippen LogP contribution >= 0.6 is 0 Å². The van der Waals surface area contributed by atoms with Crippen LogP contribution in [0.25, 0.3) is 10.9 Å². The number of hydrogen-bond donors (Lipinski definition) is 2. The Morgan fingerprint density at radius 1 is 1.26 bits per heavy atom. The molecular formula is C12H9F3N2O2. The third-order valence-corrected chi connectivity index (χ3v) is 2.43. The van der Waals surface area contributed by atoms with Crippen LogP contribution in [0.15, 0.2) is 30.3 Å². The van der Waals surface area contributed by atoms with Crippen LogP contribution in [0, 0.1) is 0 Å². The summed E-state index contributed by atoms with van der Waals surface area (Å²) in [6.07, 6.45) is -4.40. The van der Waals surface area contributed by atoms with Crippen LogP contribution in [-0.4, -0.2) is 22.6 Å². The van der Waals surface area contributed by atoms with Gasteiger partial charge in [-0.15, -0.1) is 0 Å². The van der Waals surface area contributed by atoms with Gasteiger partial charge in [0.05, 0.1) is 11.1 Å². The van der Waals surface area contributed by atoms with Crippen LogP contribution in [0.5, 0.6) is 0 Å². The van der Waals surface area contributed by atoms with E-state index in [9.17, 15) is 18.0 Å². The lowest BCUT2D eigenvalue weighted by atomic mass is 10.1. The van der Waals surface area contributed by atoms with Crippen LogP contribution in [0.1, 0.15) is 5.56 Å². The molecule has 0 aliphatic heterocycles. The Balaban J connectivity index is 2.38. The second kappa shape index (κ2) is 4.85. The van der Waals surface area contributed by atoms with E-state index in [1.54, 1.807) is 0 Å². The molecule has 2 rings (SSSR count). The molecule has 4 nitrogen and oxygen atoms in total. The Hall–Kier alpha value is -2.15. The molecule has 1 heterocycles. The zero-order chi connectivity index (χ0) is 14.0. The number of hydrogen-bond acceptors (Lipinski definition) is 3. The highest BCUT2D eigenvalue weighted by Crippen LogP contribution is 2.31. The third-order valence-electron chi connectivity index (χ3n) is 2.43. The van der Waals surface area contributed by atoms with Crippen molar-refractivity contribution < 1.29 is 23.1 Å². The Kier molecular flexibility index (Phi) is 3.39. The van der Waals surface area contributed by atoms with Crippen molar-refractivity contribution in [3.05, 3.63) is 35.9 Å². The van der Waals surface area contributed by atoms with E-state index in [0.29, 0.717) is 10.9 Å². The first-order valence-corrected chi connectivity index (χ1v) is 5.29. The van der Waals surface area contributed by atoms with E-state index in [4.69, 9.17) is 5.11 Å². The Bertz CT molecular complexity index is 626. The van der Waals surface area contributed by atoms with Crippen LogP contribution in [0.4, 0.5) is 19.0 Å². The van der Waals surface area contributed by atoms with Gasteiger partial charge in [0.1, 0.15) is 12.4 Å². The molecule has 19 heavy (non-hydrogen) atoms. The smallest absolute Gasteiger partial charge is 0.387 e. The van der Waals surface area contributed by atoms with Crippen LogP contribution < -0.4 is 5.32 Å². The summed E-state index contributed by atoms with van der Waals surface area (Å²) in [6.45, 7) is -0.688. The number of benzene rings is 1. The predicted octanol–water partition coefficient (Wildman–Crippen LogP) is 2.18. The lowest BCUT2D eigenvalue weighted by molar-refractivity contribution is -0.137. The lowest BCUT2D eigenvalue weighted by Gasteiger charge is -2.08. The molecule has 0 atom stereocenters. The highest BCUT2D eigenvalue weighted by molar-refractivity contribution is 5.92. The van der Waals surface area contributed by atoms with E-state index in [1.807, 2.05) is 0 Å². The number of anilines is 1. The molecule has 1 amide bonds. The molecule has 1 aromatic carbocycles. The number of halogens is 3. The number of carbonyl (C=O) groups is 1. The summed E-state index contributed by atoms with van der Waals surface area (Å²) in [5.41, 5.74) is -0.433. The molecule has 0 aliphatic rings. The van der Waals surface area contributed by atoms with Crippen LogP contribution in [-0.2, 0) is 11.0 Å². The fourth-order valence-electron chi connectivity index (χ4n) is 1.55. The van der Waals surface area contributed by atoms with E-state index >= 15 is 0 Å². The molecule has 0 bridgehead atoms. The van der Waals surface area contributed by atoms with Crippen molar-refractivity contribution in [1.29, 1.82) is 0 Å². The number of pyridine rings is 1. The molecule has 0 spiro atoms. The minimum absolute atomic E-state index is 0.173. The number of carbonyl (C=O) groups excluding carboxylic acids is 1. The summed E-state index contributed by atoms with van der Waals surface area (Å²) >= 11 is 0. The first kappa shape index (κ1) is 13.3. The van der Waals surface area contributed by atoms with Crippen molar-refractivity contribution in [3.8, 4) is 0 Å². The van der Waals surface area contributed by atoms with Gasteiger partial charge in [-0.1, -0.05) is 0 Å². The van der Waals surface area contributed by atoms with E-state index in [0.717, 1.165) is 12.1 Å². The molecule has 0 aliphatic carbocycles. The van der Waals surface area contributed by atoms with Gasteiger partial charge in [0.15, 0.2) is 0 Å². The fourth-order valence-corrected chi connectivity index (χ4v) is 1.55. The van der Waals surface area contributed by atoms with Gasteiger partial charge < -0.3 is 10.4 Å². The van der Waals surface area contributed by atoms with Gasteiger partial charge in [0.2, 0.25) is 0 Å². The lowest BCUT2D eigenvalue weighted by Crippen LogP contribution is -2.16. The van der Waals surface area contributed by atoms with Crippen LogP contribution in [0.2, 0.25) is 0 Å². The average molecular weight is 270 g/mol. The number of amides is 1. The molecule has 2 N–H and O–H groups in total. The van der Waals surface area contributed by atoms with Gasteiger partial charge in [-0.3, -0.25) is 4.79 Å². The number of alkyl halides is 3. The highest BCUT2D eigenvalue weighted by Gasteiger charge is 2.30. The maximum Gasteiger partial charge on any atom is 0.416 e. The van der Waals surface area contributed by atoms with Gasteiger partial charge in [0, 0.05) is 5.39 Å². The molecule has 0 radical (unpaired) electrons. The number of fused-ring (bicyclic) bond motifs is 1. The quantitative estimate of drug-likeness (QED) is 0.879. The zero-order valence-corrected chi connectivity index (χ0v) is 9.53. The average Bonchev–Trinajstić information content (AvgIpc) is 2.36. The van der Waals surface area contributed by atoms with Gasteiger partial charge in [-0.05, 0) is 30.3 Å². The molecule has 2 aromatic rings. The molecule has 0 saturated carbocycles. The monoisotopic (exact) mass is 270 g/mol. The number of nitrogens with zero attached hydrogens (tertiary/aromatic N) is 1. The van der Waals surface area contributed by atoms with Gasteiger partial charge in [-0.25, -0.2) is 4.98 Å². The van der Waals surface area contributed by atoms with Crippen molar-refractivity contribution in [2.75, 3.05) is 11.9 Å². The van der Waals surface area contributed by atoms with Gasteiger partial charge >= 0.3 is 6.18 Å². The second-order valence-corrected chi connectivity index (χ2v) is 3.81. The topological polar surface area (TPSA) is 62.2 Å². The first-order chi connectivity index (χ1) is 8.90. The zero-order valence-electron chi connectivity index (χ0n) is 9.53. The van der Waals surface area contributed by atoms with Gasteiger partial charge in [0.25, 0.3) is 5.91 Å². The van der Waals surface area contributed by atoms with Crippen molar-refractivity contribution in [2.24, 2.45) is 0 Å². The van der Waals surface area contributed by atoms with Crippen molar-refractivity contribution in [2.45, 2.75) is 6.18 Å². The Morgan fingerprint density at radius 2 is 2.00 bits per heavy atom. The number of aliphatic hydroxyl groups is 1. The van der Waals surface area contributed by atoms with E-state index in [2.05, 4.69) is 10.3 Å². The minimum atomic E-state index is -4.40. The summed E-state index contributed by atoms with van der Waals surface area (Å²) in [6, 6.07) is 5.93. The largest absolute Gasteiger partial charge is 0.416 e. The maximum absolute atomic E-state index is 12.5. The third kappa shape index (κ3) is 3.00. The predicted molar refractivity (Wildman–Crippen MR) is 62.5 cm³/mol. The number of aliphatic hydroxyl groups excluding tert-OH is 1. The molecule has 100 valence electrons. The summed E-state index contributed by atoms with van der Waals surface area (Å²) < 4.78 is 37.5. The summed E-state index contributed by atoms with van der Waals surface area (Å²) in [4.78, 5) is 14.9. The van der Waals surface area contributed by atoms with Crippen LogP contribution in [0.3, 0.4) is 0 Å². The molecule has 7 heteroatoms. The first-order valence-electron chi connectivity index (χ1n) is 5.29. The molecule has 0 fully saturated rings. The maximum atomic E-state index is 12.5. The van der Waals surface area contributed by atoms with E-state index in [-0.39, 0.29) is 5.82 Å². The number of rotatable bonds is 2. The molecule has 1 aromatic heterocycles. The van der Waals surface area contributed by atoms with E-state index < -0.39 is 24.3 Å². The Labute approximate surface area is 105 Å². The standard InChI is InChI=1S/C12H9F3N2O2/c13-12(14,15)8-2-3-9-7(5-8)1-4-10(16-9)17-11(19)6-18/h1-5,18H,6H2,(H,16,17,19). The second-order valence-electron chi connectivity index (χ2n) is 3.81. The Morgan fingerprint density at radius 3 is 2.63 bits per heavy atom. The molecular weight excluding hydrogens is 261 g/mol. The highest BCUT2D eigenvalue weighted by atomic mass is 19.4. The van der Waals surface area contributed by atoms with Gasteiger partial charge in [-0.2, -0.15) is 13.2 Å². The molecule has 0 unspecified atom stereocenters. The van der Waals surface area contributed by atoms with Crippen molar-refractivity contribution >= 4 is 22.6 Å². The number of nitrogens with one attached hydrogen (secondary N) is 1. The fraction of sp³-hybridized carbons (Fsp3) is 0.167. The normalized spacial score (nSPS) is 11.6. The summed E-state index contributed by atoms with van der Waals surface area (Å²) in [5.74, 6) is -0.468. The molecule has 0 saturated heterocycles. The van der Waals surface area contributed by atoms with Crippen molar-refractivity contribution in [3.63, 3.8) is 0 Å². The minimum Gasteiger partial charge on any atom is -0.387 e. The number of aromatic nitrogens is 1.